The van der Waals surface area contributed by atoms with Gasteiger partial charge in [-0.15, -0.1) is 0 Å². The molecule has 3 rings (SSSR count). The van der Waals surface area contributed by atoms with Crippen molar-refractivity contribution < 1.29 is 0 Å². The van der Waals surface area contributed by atoms with Crippen molar-refractivity contribution in [3.63, 3.8) is 0 Å². The molecule has 1 aromatic rings. The Hall–Kier alpha value is -0.810. The third-order valence-corrected chi connectivity index (χ3v) is 5.89. The summed E-state index contributed by atoms with van der Waals surface area (Å²) in [6.07, 6.45) is 4.23. The number of alkyl halides is 1. The second-order valence-corrected chi connectivity index (χ2v) is 6.80. The minimum absolute atomic E-state index is 0.466. The summed E-state index contributed by atoms with van der Waals surface area (Å²) in [6, 6.07) is 10.5. The van der Waals surface area contributed by atoms with Crippen molar-refractivity contribution in [2.45, 2.75) is 29.0 Å². The molecule has 0 radical (unpaired) electrons. The van der Waals surface area contributed by atoms with Gasteiger partial charge >= 0.3 is 0 Å². The second-order valence-electron chi connectivity index (χ2n) is 4.46. The highest BCUT2D eigenvalue weighted by Gasteiger charge is 2.40. The van der Waals surface area contributed by atoms with Crippen LogP contribution in [0.15, 0.2) is 40.4 Å². The number of fused-ring (bicyclic) bond motifs is 1. The maximum Gasteiger partial charge on any atom is 0.177 e. The zero-order valence-corrected chi connectivity index (χ0v) is 12.2. The van der Waals surface area contributed by atoms with Crippen LogP contribution in [-0.2, 0) is 0 Å². The minimum Gasteiger partial charge on any atom is -0.257 e. The third kappa shape index (κ3) is 2.62. The van der Waals surface area contributed by atoms with E-state index in [-0.39, 0.29) is 0 Å². The van der Waals surface area contributed by atoms with Gasteiger partial charge in [0.15, 0.2) is 5.17 Å². The van der Waals surface area contributed by atoms with Crippen LogP contribution in [0.4, 0.5) is 0 Å². The molecule has 5 heteroatoms. The first-order chi connectivity index (χ1) is 8.83. The molecule has 3 atom stereocenters. The molecule has 0 aromatic heterocycles. The van der Waals surface area contributed by atoms with Crippen molar-refractivity contribution >= 4 is 39.1 Å². The topological polar surface area (TPSA) is 36.8 Å². The molecule has 0 amide bonds. The number of thioether (sulfide) groups is 1. The SMILES string of the molecule is Br[C@@H]1CC[C@@H]2N=C(N/N=C\c3ccccc3)S[C@H]12. The van der Waals surface area contributed by atoms with Crippen molar-refractivity contribution in [1.29, 1.82) is 0 Å². The van der Waals surface area contributed by atoms with E-state index in [1.54, 1.807) is 11.8 Å². The molecule has 1 fully saturated rings. The van der Waals surface area contributed by atoms with E-state index in [0.717, 1.165) is 10.7 Å². The highest BCUT2D eigenvalue weighted by Crippen LogP contribution is 2.41. The quantitative estimate of drug-likeness (QED) is 0.516. The van der Waals surface area contributed by atoms with E-state index in [1.807, 2.05) is 36.5 Å². The first kappa shape index (κ1) is 12.2. The molecule has 0 spiro atoms. The largest absolute Gasteiger partial charge is 0.257 e. The Morgan fingerprint density at radius 1 is 1.33 bits per heavy atom. The number of benzene rings is 1. The molecule has 18 heavy (non-hydrogen) atoms. The van der Waals surface area contributed by atoms with Gasteiger partial charge in [-0.1, -0.05) is 58.0 Å². The van der Waals surface area contributed by atoms with Crippen molar-refractivity contribution in [2.24, 2.45) is 10.1 Å². The van der Waals surface area contributed by atoms with E-state index in [4.69, 9.17) is 0 Å². The van der Waals surface area contributed by atoms with E-state index in [1.165, 1.54) is 12.8 Å². The standard InChI is InChI=1S/C13H14BrN3S/c14-10-6-7-11-12(10)18-13(16-11)17-15-8-9-4-2-1-3-5-9/h1-5,8,10-12H,6-7H2,(H,16,17)/b15-8-/t10-,11+,12-/m1/s1. The van der Waals surface area contributed by atoms with E-state index in [2.05, 4.69) is 31.4 Å². The number of amidine groups is 1. The zero-order valence-electron chi connectivity index (χ0n) is 9.79. The van der Waals surface area contributed by atoms with Crippen molar-refractivity contribution in [1.82, 2.24) is 5.43 Å². The van der Waals surface area contributed by atoms with Crippen LogP contribution in [0.1, 0.15) is 18.4 Å². The number of nitrogens with zero attached hydrogens (tertiary/aromatic N) is 2. The lowest BCUT2D eigenvalue weighted by Gasteiger charge is -2.09. The number of rotatable bonds is 2. The molecule has 1 aromatic carbocycles. The van der Waals surface area contributed by atoms with Crippen molar-refractivity contribution in [3.05, 3.63) is 35.9 Å². The molecular weight excluding hydrogens is 310 g/mol. The summed E-state index contributed by atoms with van der Waals surface area (Å²) in [5, 5.41) is 5.76. The van der Waals surface area contributed by atoms with E-state index in [0.29, 0.717) is 16.1 Å². The lowest BCUT2D eigenvalue weighted by molar-refractivity contribution is 0.729. The highest BCUT2D eigenvalue weighted by atomic mass is 79.9. The van der Waals surface area contributed by atoms with Crippen molar-refractivity contribution in [2.75, 3.05) is 0 Å². The van der Waals surface area contributed by atoms with Crippen LogP contribution in [0.2, 0.25) is 0 Å². The van der Waals surface area contributed by atoms with Gasteiger partial charge in [0.2, 0.25) is 0 Å². The van der Waals surface area contributed by atoms with E-state index >= 15 is 0 Å². The van der Waals surface area contributed by atoms with Crippen LogP contribution in [0, 0.1) is 0 Å². The fraction of sp³-hybridized carbons (Fsp3) is 0.385. The minimum atomic E-state index is 0.466. The summed E-state index contributed by atoms with van der Waals surface area (Å²) < 4.78 is 0. The maximum atomic E-state index is 4.66. The van der Waals surface area contributed by atoms with E-state index < -0.39 is 0 Å². The number of hydrogen-bond donors (Lipinski definition) is 1. The molecule has 1 saturated carbocycles. The lowest BCUT2D eigenvalue weighted by atomic mass is 10.2. The predicted molar refractivity (Wildman–Crippen MR) is 81.7 cm³/mol. The monoisotopic (exact) mass is 323 g/mol. The average Bonchev–Trinajstić information content (AvgIpc) is 2.94. The molecule has 1 aliphatic heterocycles. The second kappa shape index (κ2) is 5.45. The fourth-order valence-corrected chi connectivity index (χ4v) is 4.39. The smallest absolute Gasteiger partial charge is 0.177 e. The first-order valence-electron chi connectivity index (χ1n) is 6.05. The number of hydrazone groups is 1. The zero-order chi connectivity index (χ0) is 12.4. The van der Waals surface area contributed by atoms with Gasteiger partial charge in [0.25, 0.3) is 0 Å². The first-order valence-corrected chi connectivity index (χ1v) is 7.85. The highest BCUT2D eigenvalue weighted by molar-refractivity contribution is 9.09. The number of halogens is 1. The lowest BCUT2D eigenvalue weighted by Crippen LogP contribution is -2.17. The van der Waals surface area contributed by atoms with Crippen molar-refractivity contribution in [3.8, 4) is 0 Å². The molecule has 1 aliphatic carbocycles. The Morgan fingerprint density at radius 2 is 2.17 bits per heavy atom. The summed E-state index contributed by atoms with van der Waals surface area (Å²) in [5.41, 5.74) is 4.13. The Labute approximate surface area is 119 Å². The number of nitrogens with one attached hydrogen (secondary N) is 1. The third-order valence-electron chi connectivity index (χ3n) is 3.18. The van der Waals surface area contributed by atoms with Gasteiger partial charge in [0, 0.05) is 10.1 Å². The van der Waals surface area contributed by atoms with Gasteiger partial charge in [-0.05, 0) is 18.4 Å². The Bertz CT molecular complexity index is 474. The Morgan fingerprint density at radius 3 is 2.94 bits per heavy atom. The van der Waals surface area contributed by atoms with Gasteiger partial charge in [0.1, 0.15) is 0 Å². The molecule has 1 heterocycles. The molecule has 3 nitrogen and oxygen atoms in total. The number of hydrogen-bond acceptors (Lipinski definition) is 4. The van der Waals surface area contributed by atoms with Crippen LogP contribution in [0.25, 0.3) is 0 Å². The van der Waals surface area contributed by atoms with E-state index in [9.17, 15) is 0 Å². The van der Waals surface area contributed by atoms with Gasteiger partial charge in [-0.3, -0.25) is 10.4 Å². The van der Waals surface area contributed by atoms with Gasteiger partial charge < -0.3 is 0 Å². The average molecular weight is 324 g/mol. The summed E-state index contributed by atoms with van der Waals surface area (Å²) in [6.45, 7) is 0. The molecule has 0 unspecified atom stereocenters. The van der Waals surface area contributed by atoms with Crippen LogP contribution in [0.3, 0.4) is 0 Å². The fourth-order valence-electron chi connectivity index (χ4n) is 2.26. The van der Waals surface area contributed by atoms with Gasteiger partial charge in [0.05, 0.1) is 12.3 Å². The molecule has 0 bridgehead atoms. The molecule has 94 valence electrons. The van der Waals surface area contributed by atoms with Gasteiger partial charge in [-0.25, -0.2) is 0 Å². The summed E-state index contributed by atoms with van der Waals surface area (Å²) in [4.78, 5) is 5.25. The van der Waals surface area contributed by atoms with Crippen LogP contribution in [0.5, 0.6) is 0 Å². The number of aliphatic imine (C=N–C) groups is 1. The normalized spacial score (nSPS) is 30.5. The molecule has 2 aliphatic rings. The van der Waals surface area contributed by atoms with Crippen LogP contribution < -0.4 is 5.43 Å². The summed E-state index contributed by atoms with van der Waals surface area (Å²) in [5.74, 6) is 0. The summed E-state index contributed by atoms with van der Waals surface area (Å²) in [7, 11) is 0. The maximum absolute atomic E-state index is 4.66. The van der Waals surface area contributed by atoms with Gasteiger partial charge in [-0.2, -0.15) is 5.10 Å². The van der Waals surface area contributed by atoms with Crippen LogP contribution >= 0.6 is 27.7 Å². The van der Waals surface area contributed by atoms with Crippen LogP contribution in [-0.4, -0.2) is 27.5 Å². The molecule has 1 N–H and O–H groups in total. The Balaban J connectivity index is 1.57. The summed E-state index contributed by atoms with van der Waals surface area (Å²) >= 11 is 5.52. The molecular formula is C13H14BrN3S. The predicted octanol–water partition coefficient (Wildman–Crippen LogP) is 3.01. The molecule has 0 saturated heterocycles. The Kier molecular flexibility index (Phi) is 3.70.